The van der Waals surface area contributed by atoms with Crippen LogP contribution in [0.5, 0.6) is 5.75 Å². The molecule has 0 amide bonds. The summed E-state index contributed by atoms with van der Waals surface area (Å²) in [6, 6.07) is 5.73. The Morgan fingerprint density at radius 1 is 1.23 bits per heavy atom. The van der Waals surface area contributed by atoms with E-state index >= 15 is 0 Å². The van der Waals surface area contributed by atoms with Crippen LogP contribution in [0.25, 0.3) is 0 Å². The van der Waals surface area contributed by atoms with Gasteiger partial charge < -0.3 is 25.0 Å². The van der Waals surface area contributed by atoms with Crippen LogP contribution in [0.2, 0.25) is 0 Å². The van der Waals surface area contributed by atoms with Crippen molar-refractivity contribution in [1.82, 2.24) is 9.97 Å². The number of ether oxygens (including phenoxy) is 2. The molecule has 2 heterocycles. The van der Waals surface area contributed by atoms with E-state index in [1.54, 1.807) is 0 Å². The van der Waals surface area contributed by atoms with Gasteiger partial charge in [-0.1, -0.05) is 0 Å². The summed E-state index contributed by atoms with van der Waals surface area (Å²) in [7, 11) is 1.39. The van der Waals surface area contributed by atoms with Crippen molar-refractivity contribution >= 4 is 23.1 Å². The SMILES string of the molecule is CNc1nc(Nc2ccc(N3CCOCC3)cc2OCC2CC2)ncc1C(F)(F)F. The zero-order chi connectivity index (χ0) is 21.1. The smallest absolute Gasteiger partial charge is 0.421 e. The van der Waals surface area contributed by atoms with E-state index in [1.165, 1.54) is 7.05 Å². The van der Waals surface area contributed by atoms with Crippen LogP contribution in [0.1, 0.15) is 18.4 Å². The summed E-state index contributed by atoms with van der Waals surface area (Å²) >= 11 is 0. The van der Waals surface area contributed by atoms with Gasteiger partial charge in [0.05, 0.1) is 25.5 Å². The Labute approximate surface area is 172 Å². The van der Waals surface area contributed by atoms with E-state index in [9.17, 15) is 13.2 Å². The molecule has 2 fully saturated rings. The molecule has 4 rings (SSSR count). The van der Waals surface area contributed by atoms with Crippen molar-refractivity contribution in [3.63, 3.8) is 0 Å². The van der Waals surface area contributed by atoms with Crippen LogP contribution in [-0.4, -0.2) is 49.9 Å². The van der Waals surface area contributed by atoms with Crippen LogP contribution < -0.4 is 20.3 Å². The van der Waals surface area contributed by atoms with Crippen LogP contribution in [-0.2, 0) is 10.9 Å². The highest BCUT2D eigenvalue weighted by Gasteiger charge is 2.35. The summed E-state index contributed by atoms with van der Waals surface area (Å²) in [5, 5.41) is 5.48. The lowest BCUT2D eigenvalue weighted by atomic mass is 10.2. The van der Waals surface area contributed by atoms with Gasteiger partial charge in [-0.15, -0.1) is 0 Å². The molecule has 0 atom stereocenters. The molecular formula is C20H24F3N5O2. The monoisotopic (exact) mass is 423 g/mol. The number of nitrogens with one attached hydrogen (secondary N) is 2. The number of hydrogen-bond donors (Lipinski definition) is 2. The van der Waals surface area contributed by atoms with Crippen LogP contribution >= 0.6 is 0 Å². The van der Waals surface area contributed by atoms with Gasteiger partial charge in [0.15, 0.2) is 0 Å². The quantitative estimate of drug-likeness (QED) is 0.700. The maximum atomic E-state index is 13.1. The normalized spacial score (nSPS) is 17.0. The first-order valence-electron chi connectivity index (χ1n) is 9.92. The second-order valence-electron chi connectivity index (χ2n) is 7.36. The summed E-state index contributed by atoms with van der Waals surface area (Å²) in [5.74, 6) is 0.955. The van der Waals surface area contributed by atoms with Crippen molar-refractivity contribution < 1.29 is 22.6 Å². The van der Waals surface area contributed by atoms with Crippen molar-refractivity contribution in [2.75, 3.05) is 55.5 Å². The predicted octanol–water partition coefficient (Wildman–Crippen LogP) is 3.91. The first kappa shape index (κ1) is 20.5. The third-order valence-electron chi connectivity index (χ3n) is 5.09. The Hall–Kier alpha value is -2.75. The van der Waals surface area contributed by atoms with Gasteiger partial charge in [-0.2, -0.15) is 18.2 Å². The molecule has 0 radical (unpaired) electrons. The fourth-order valence-corrected chi connectivity index (χ4v) is 3.20. The van der Waals surface area contributed by atoms with E-state index in [4.69, 9.17) is 9.47 Å². The van der Waals surface area contributed by atoms with Gasteiger partial charge in [0, 0.05) is 38.1 Å². The number of anilines is 4. The first-order valence-corrected chi connectivity index (χ1v) is 9.92. The molecule has 1 aromatic carbocycles. The number of halogens is 3. The summed E-state index contributed by atoms with van der Waals surface area (Å²) < 4.78 is 50.7. The van der Waals surface area contributed by atoms with Gasteiger partial charge in [-0.3, -0.25) is 0 Å². The van der Waals surface area contributed by atoms with Gasteiger partial charge in [0.25, 0.3) is 0 Å². The average molecular weight is 423 g/mol. The highest BCUT2D eigenvalue weighted by molar-refractivity contribution is 5.69. The molecule has 1 aromatic heterocycles. The van der Waals surface area contributed by atoms with Crippen LogP contribution in [0.3, 0.4) is 0 Å². The molecule has 2 aromatic rings. The van der Waals surface area contributed by atoms with Gasteiger partial charge in [0.2, 0.25) is 5.95 Å². The van der Waals surface area contributed by atoms with E-state index in [2.05, 4.69) is 25.5 Å². The van der Waals surface area contributed by atoms with Crippen molar-refractivity contribution in [2.24, 2.45) is 5.92 Å². The van der Waals surface area contributed by atoms with Crippen molar-refractivity contribution in [2.45, 2.75) is 19.0 Å². The minimum atomic E-state index is -4.53. The van der Waals surface area contributed by atoms with Crippen LogP contribution in [0.4, 0.5) is 36.3 Å². The molecule has 0 spiro atoms. The lowest BCUT2D eigenvalue weighted by Crippen LogP contribution is -2.36. The molecule has 0 unspecified atom stereocenters. The van der Waals surface area contributed by atoms with E-state index in [-0.39, 0.29) is 11.8 Å². The van der Waals surface area contributed by atoms with Gasteiger partial charge >= 0.3 is 6.18 Å². The number of aromatic nitrogens is 2. The van der Waals surface area contributed by atoms with Gasteiger partial charge in [-0.25, -0.2) is 4.98 Å². The molecule has 1 aliphatic carbocycles. The van der Waals surface area contributed by atoms with Crippen molar-refractivity contribution in [3.8, 4) is 5.75 Å². The molecule has 10 heteroatoms. The maximum Gasteiger partial charge on any atom is 0.421 e. The summed E-state index contributed by atoms with van der Waals surface area (Å²) in [6.07, 6.45) is -1.46. The molecule has 30 heavy (non-hydrogen) atoms. The third-order valence-corrected chi connectivity index (χ3v) is 5.09. The first-order chi connectivity index (χ1) is 14.4. The number of hydrogen-bond acceptors (Lipinski definition) is 7. The Bertz CT molecular complexity index is 883. The Morgan fingerprint density at radius 3 is 2.67 bits per heavy atom. The molecule has 0 bridgehead atoms. The lowest BCUT2D eigenvalue weighted by Gasteiger charge is -2.29. The minimum absolute atomic E-state index is 0.0581. The Balaban J connectivity index is 1.58. The van der Waals surface area contributed by atoms with Crippen LogP contribution in [0.15, 0.2) is 24.4 Å². The molecule has 162 valence electrons. The third kappa shape index (κ3) is 4.86. The average Bonchev–Trinajstić information content (AvgIpc) is 3.57. The highest BCUT2D eigenvalue weighted by Crippen LogP contribution is 2.37. The number of morpholine rings is 1. The Morgan fingerprint density at radius 2 is 2.00 bits per heavy atom. The second kappa shape index (κ2) is 8.55. The van der Waals surface area contributed by atoms with E-state index in [0.29, 0.717) is 37.2 Å². The van der Waals surface area contributed by atoms with E-state index in [1.807, 2.05) is 18.2 Å². The summed E-state index contributed by atoms with van der Waals surface area (Å²) in [4.78, 5) is 10.0. The second-order valence-corrected chi connectivity index (χ2v) is 7.36. The highest BCUT2D eigenvalue weighted by atomic mass is 19.4. The zero-order valence-corrected chi connectivity index (χ0v) is 16.6. The topological polar surface area (TPSA) is 71.5 Å². The standard InChI is InChI=1S/C20H24F3N5O2/c1-24-18-15(20(21,22)23)11-25-19(27-18)26-16-5-4-14(28-6-8-29-9-7-28)10-17(16)30-12-13-2-3-13/h4-5,10-11,13H,2-3,6-9,12H2,1H3,(H2,24,25,26,27). The van der Waals surface area contributed by atoms with Gasteiger partial charge in [-0.05, 0) is 30.9 Å². The molecular weight excluding hydrogens is 399 g/mol. The number of rotatable bonds is 7. The largest absolute Gasteiger partial charge is 0.491 e. The molecule has 7 nitrogen and oxygen atoms in total. The van der Waals surface area contributed by atoms with E-state index in [0.717, 1.165) is 37.8 Å². The lowest BCUT2D eigenvalue weighted by molar-refractivity contribution is -0.137. The zero-order valence-electron chi connectivity index (χ0n) is 16.6. The number of nitrogens with zero attached hydrogens (tertiary/aromatic N) is 3. The van der Waals surface area contributed by atoms with Crippen molar-refractivity contribution in [1.29, 1.82) is 0 Å². The molecule has 2 aliphatic rings. The minimum Gasteiger partial charge on any atom is -0.491 e. The van der Waals surface area contributed by atoms with E-state index < -0.39 is 11.7 Å². The molecule has 2 N–H and O–H groups in total. The summed E-state index contributed by atoms with van der Waals surface area (Å²) in [6.45, 7) is 3.54. The van der Waals surface area contributed by atoms with Crippen LogP contribution in [0, 0.1) is 5.92 Å². The Kier molecular flexibility index (Phi) is 5.85. The predicted molar refractivity (Wildman–Crippen MR) is 108 cm³/mol. The number of benzene rings is 1. The van der Waals surface area contributed by atoms with Gasteiger partial charge in [0.1, 0.15) is 17.1 Å². The number of alkyl halides is 3. The van der Waals surface area contributed by atoms with Crippen molar-refractivity contribution in [3.05, 3.63) is 30.0 Å². The maximum absolute atomic E-state index is 13.1. The molecule has 1 saturated heterocycles. The fourth-order valence-electron chi connectivity index (χ4n) is 3.20. The molecule has 1 aliphatic heterocycles. The summed E-state index contributed by atoms with van der Waals surface area (Å²) in [5.41, 5.74) is 0.705. The molecule has 1 saturated carbocycles. The fraction of sp³-hybridized carbons (Fsp3) is 0.500.